The van der Waals surface area contributed by atoms with Gasteiger partial charge in [-0.3, -0.25) is 4.79 Å². The zero-order chi connectivity index (χ0) is 31.9. The summed E-state index contributed by atoms with van der Waals surface area (Å²) in [6.45, 7) is 10.6. The zero-order valence-electron chi connectivity index (χ0n) is 28.4. The Morgan fingerprint density at radius 1 is 1.09 bits per heavy atom. The van der Waals surface area contributed by atoms with Crippen molar-refractivity contribution < 1.29 is 19.0 Å². The summed E-state index contributed by atoms with van der Waals surface area (Å²) in [4.78, 5) is 19.4. The Hall–Kier alpha value is -3.06. The fourth-order valence-electron chi connectivity index (χ4n) is 10.4. The first-order valence-electron chi connectivity index (χ1n) is 17.9. The minimum absolute atomic E-state index is 0.0461. The van der Waals surface area contributed by atoms with Crippen molar-refractivity contribution in [3.63, 3.8) is 0 Å². The first-order valence-corrected chi connectivity index (χ1v) is 17.9. The smallest absolute Gasteiger partial charge is 0.303 e. The lowest BCUT2D eigenvalue weighted by atomic mass is 9.48. The molecule has 7 atom stereocenters. The number of esters is 1. The van der Waals surface area contributed by atoms with Crippen LogP contribution in [0.15, 0.2) is 54.1 Å². The molecule has 0 N–H and O–H groups in total. The highest BCUT2D eigenvalue weighted by Crippen LogP contribution is 2.66. The summed E-state index contributed by atoms with van der Waals surface area (Å²) in [7, 11) is 1.70. The number of hydrogen-bond donors (Lipinski definition) is 0. The second-order valence-corrected chi connectivity index (χ2v) is 15.3. The number of rotatable bonds is 9. The van der Waals surface area contributed by atoms with E-state index in [1.54, 1.807) is 25.8 Å². The van der Waals surface area contributed by atoms with Crippen LogP contribution in [-0.2, 0) is 16.1 Å². The number of allylic oxidation sites excluding steroid dienone is 1. The number of hydrogen-bond acceptors (Lipinski definition) is 6. The average molecular weight is 628 g/mol. The Balaban J connectivity index is 1.10. The topological polar surface area (TPSA) is 65.8 Å². The minimum atomic E-state index is -0.190. The van der Waals surface area contributed by atoms with Gasteiger partial charge >= 0.3 is 5.97 Å². The highest BCUT2D eigenvalue weighted by Gasteiger charge is 2.61. The van der Waals surface area contributed by atoms with Gasteiger partial charge in [0, 0.05) is 37.3 Å². The van der Waals surface area contributed by atoms with Gasteiger partial charge < -0.3 is 23.7 Å². The van der Waals surface area contributed by atoms with Crippen LogP contribution in [0.5, 0.6) is 11.5 Å². The van der Waals surface area contributed by atoms with Gasteiger partial charge in [-0.15, -0.1) is 0 Å². The number of nitrogens with zero attached hydrogens (tertiary/aromatic N) is 3. The van der Waals surface area contributed by atoms with Crippen LogP contribution >= 0.6 is 0 Å². The van der Waals surface area contributed by atoms with Crippen molar-refractivity contribution in [3.8, 4) is 11.5 Å². The predicted octanol–water partition coefficient (Wildman–Crippen LogP) is 7.71. The van der Waals surface area contributed by atoms with E-state index in [1.807, 2.05) is 18.6 Å². The second kappa shape index (κ2) is 12.9. The summed E-state index contributed by atoms with van der Waals surface area (Å²) in [5.41, 5.74) is 4.33. The van der Waals surface area contributed by atoms with E-state index < -0.39 is 0 Å². The Kier molecular flexibility index (Phi) is 8.81. The maximum Gasteiger partial charge on any atom is 0.303 e. The van der Waals surface area contributed by atoms with Crippen molar-refractivity contribution in [2.45, 2.75) is 104 Å². The molecule has 7 rings (SSSR count). The molecule has 4 fully saturated rings. The number of carbonyl (C=O) groups is 1. The molecule has 0 bridgehead atoms. The molecule has 0 unspecified atom stereocenters. The number of fused-ring (bicyclic) bond motifs is 5. The first-order chi connectivity index (χ1) is 22.3. The van der Waals surface area contributed by atoms with E-state index >= 15 is 0 Å². The molecule has 0 radical (unpaired) electrons. The molecule has 2 aromatic rings. The van der Waals surface area contributed by atoms with Gasteiger partial charge in [0.15, 0.2) is 11.5 Å². The second-order valence-electron chi connectivity index (χ2n) is 15.3. The molecule has 5 aliphatic rings. The molecule has 2 heterocycles. The third kappa shape index (κ3) is 5.82. The van der Waals surface area contributed by atoms with Crippen molar-refractivity contribution in [2.24, 2.45) is 28.6 Å². The maximum absolute atomic E-state index is 12.5. The molecule has 7 nitrogen and oxygen atoms in total. The van der Waals surface area contributed by atoms with Crippen LogP contribution in [0.25, 0.3) is 6.08 Å². The van der Waals surface area contributed by atoms with Gasteiger partial charge in [0.05, 0.1) is 20.0 Å². The summed E-state index contributed by atoms with van der Waals surface area (Å²) in [6.07, 6.45) is 22.4. The van der Waals surface area contributed by atoms with Gasteiger partial charge in [-0.25, -0.2) is 4.98 Å². The molecule has 0 amide bonds. The SMILES string of the molecule is COc1cc(/C=C2\C[C@H]3[C@@H]4CC=C5C[C@@H](N6CCCC6)CC[C@]5(C)[C@H]4CC[C@]3(C)[C@H]2OC(C)=O)ccc1OCCCn1ccnc1. The number of aryl methyl sites for hydroxylation is 1. The highest BCUT2D eigenvalue weighted by molar-refractivity contribution is 5.68. The number of imidazole rings is 1. The van der Waals surface area contributed by atoms with Crippen LogP contribution in [0, 0.1) is 28.6 Å². The van der Waals surface area contributed by atoms with Crippen molar-refractivity contribution in [3.05, 3.63) is 59.7 Å². The van der Waals surface area contributed by atoms with Gasteiger partial charge in [0.2, 0.25) is 0 Å². The molecule has 1 saturated heterocycles. The predicted molar refractivity (Wildman–Crippen MR) is 181 cm³/mol. The lowest BCUT2D eigenvalue weighted by Crippen LogP contribution is -2.52. The molecule has 1 aromatic heterocycles. The van der Waals surface area contributed by atoms with Crippen molar-refractivity contribution in [2.75, 3.05) is 26.8 Å². The van der Waals surface area contributed by atoms with Crippen molar-refractivity contribution in [1.29, 1.82) is 0 Å². The van der Waals surface area contributed by atoms with Crippen molar-refractivity contribution in [1.82, 2.24) is 14.5 Å². The molecule has 248 valence electrons. The van der Waals surface area contributed by atoms with Crippen LogP contribution in [0.1, 0.15) is 90.5 Å². The third-order valence-electron chi connectivity index (χ3n) is 12.8. The third-order valence-corrected chi connectivity index (χ3v) is 12.8. The monoisotopic (exact) mass is 627 g/mol. The standard InChI is InChI=1S/C39H53N3O4/c1-27(43)46-37-29(22-28-8-11-35(36(23-28)44-4)45-21-7-17-41-20-16-40-26-41)24-34-32-10-9-30-25-31(42-18-5-6-19-42)12-14-38(30,2)33(32)13-15-39(34,37)3/h8-9,11,16,20,22-23,26,31-34,37H,5-7,10,12-15,17-19,21,24-25H2,1-4H3/b29-22+/t31-,32+,33-,34-,37-,38-,39-/m0/s1. The van der Waals surface area contributed by atoms with Gasteiger partial charge in [-0.1, -0.05) is 37.6 Å². The number of ether oxygens (including phenoxy) is 3. The first kappa shape index (κ1) is 31.5. The number of aromatic nitrogens is 2. The Labute approximate surface area is 275 Å². The number of methoxy groups -OCH3 is 1. The fraction of sp³-hybridized carbons (Fsp3) is 0.641. The summed E-state index contributed by atoms with van der Waals surface area (Å²) in [6, 6.07) is 6.92. The van der Waals surface area contributed by atoms with E-state index in [0.717, 1.165) is 48.9 Å². The normalized spacial score (nSPS) is 34.8. The van der Waals surface area contributed by atoms with Gasteiger partial charge in [0.1, 0.15) is 6.10 Å². The summed E-state index contributed by atoms with van der Waals surface area (Å²) >= 11 is 0. The summed E-state index contributed by atoms with van der Waals surface area (Å²) in [5, 5.41) is 0. The Morgan fingerprint density at radius 2 is 1.93 bits per heavy atom. The molecule has 7 heteroatoms. The molecule has 1 aromatic carbocycles. The van der Waals surface area contributed by atoms with Crippen molar-refractivity contribution >= 4 is 12.0 Å². The van der Waals surface area contributed by atoms with E-state index in [1.165, 1.54) is 63.6 Å². The van der Waals surface area contributed by atoms with Gasteiger partial charge in [0.25, 0.3) is 0 Å². The van der Waals surface area contributed by atoms with E-state index in [9.17, 15) is 4.79 Å². The number of benzene rings is 1. The Morgan fingerprint density at radius 3 is 2.70 bits per heavy atom. The minimum Gasteiger partial charge on any atom is -0.493 e. The number of likely N-dealkylation sites (tertiary alicyclic amines) is 1. The van der Waals surface area contributed by atoms with Gasteiger partial charge in [-0.05, 0) is 124 Å². The molecule has 3 saturated carbocycles. The lowest BCUT2D eigenvalue weighted by molar-refractivity contribution is -0.154. The number of carbonyl (C=O) groups excluding carboxylic acids is 1. The summed E-state index contributed by atoms with van der Waals surface area (Å²) in [5.74, 6) is 3.15. The molecular formula is C39H53N3O4. The van der Waals surface area contributed by atoms with E-state index in [-0.39, 0.29) is 17.5 Å². The van der Waals surface area contributed by atoms with Crippen LogP contribution in [0.4, 0.5) is 0 Å². The van der Waals surface area contributed by atoms with E-state index in [4.69, 9.17) is 14.2 Å². The van der Waals surface area contributed by atoms with E-state index in [2.05, 4.69) is 52.6 Å². The zero-order valence-corrected chi connectivity index (χ0v) is 28.4. The quantitative estimate of drug-likeness (QED) is 0.161. The molecule has 4 aliphatic carbocycles. The van der Waals surface area contributed by atoms with Crippen LogP contribution in [-0.4, -0.2) is 59.4 Å². The van der Waals surface area contributed by atoms with Crippen LogP contribution in [0.3, 0.4) is 0 Å². The lowest BCUT2D eigenvalue weighted by Gasteiger charge is -2.58. The summed E-state index contributed by atoms with van der Waals surface area (Å²) < 4.78 is 20.2. The fourth-order valence-corrected chi connectivity index (χ4v) is 10.4. The molecular weight excluding hydrogens is 574 g/mol. The molecule has 46 heavy (non-hydrogen) atoms. The Bertz CT molecular complexity index is 1460. The largest absolute Gasteiger partial charge is 0.493 e. The van der Waals surface area contributed by atoms with E-state index in [0.29, 0.717) is 29.8 Å². The molecule has 1 aliphatic heterocycles. The highest BCUT2D eigenvalue weighted by atomic mass is 16.5. The average Bonchev–Trinajstić information content (AvgIpc) is 3.82. The van der Waals surface area contributed by atoms with Crippen LogP contribution in [0.2, 0.25) is 0 Å². The van der Waals surface area contributed by atoms with Gasteiger partial charge in [-0.2, -0.15) is 0 Å². The van der Waals surface area contributed by atoms with Crippen LogP contribution < -0.4 is 9.47 Å². The molecule has 0 spiro atoms. The maximum atomic E-state index is 12.5.